The third-order valence-electron chi connectivity index (χ3n) is 2.21. The lowest BCUT2D eigenvalue weighted by molar-refractivity contribution is 0.0701. The van der Waals surface area contributed by atoms with E-state index in [-0.39, 0.29) is 16.3 Å². The molecule has 0 saturated heterocycles. The van der Waals surface area contributed by atoms with Crippen molar-refractivity contribution in [2.24, 2.45) is 11.1 Å². The Kier molecular flexibility index (Phi) is 3.16. The first kappa shape index (κ1) is 12.1. The molecule has 0 aliphatic rings. The minimum absolute atomic E-state index is 0.111. The van der Waals surface area contributed by atoms with Crippen LogP contribution in [0.1, 0.15) is 47.2 Å². The predicted molar refractivity (Wildman–Crippen MR) is 60.2 cm³/mol. The highest BCUT2D eigenvalue weighted by atomic mass is 32.1. The number of nitrogens with zero attached hydrogens (tertiary/aromatic N) is 1. The molecule has 5 heteroatoms. The van der Waals surface area contributed by atoms with Crippen LogP contribution in [0.4, 0.5) is 0 Å². The van der Waals surface area contributed by atoms with Crippen LogP contribution < -0.4 is 5.73 Å². The molecule has 0 saturated carbocycles. The summed E-state index contributed by atoms with van der Waals surface area (Å²) < 4.78 is 0. The Morgan fingerprint density at radius 3 is 2.40 bits per heavy atom. The smallest absolute Gasteiger partial charge is 0.347 e. The molecule has 84 valence electrons. The Morgan fingerprint density at radius 1 is 1.53 bits per heavy atom. The molecule has 1 rings (SSSR count). The van der Waals surface area contributed by atoms with Crippen LogP contribution in [0.2, 0.25) is 0 Å². The van der Waals surface area contributed by atoms with Gasteiger partial charge in [0, 0.05) is 0 Å². The molecule has 0 bridgehead atoms. The van der Waals surface area contributed by atoms with Crippen LogP contribution in [-0.2, 0) is 0 Å². The van der Waals surface area contributed by atoms with E-state index in [1.165, 1.54) is 11.3 Å². The van der Waals surface area contributed by atoms with E-state index in [4.69, 9.17) is 10.8 Å². The van der Waals surface area contributed by atoms with Gasteiger partial charge in [-0.25, -0.2) is 9.78 Å². The highest BCUT2D eigenvalue weighted by Gasteiger charge is 2.27. The van der Waals surface area contributed by atoms with Crippen LogP contribution in [0.5, 0.6) is 0 Å². The molecule has 0 amide bonds. The van der Waals surface area contributed by atoms with Crippen LogP contribution in [0.3, 0.4) is 0 Å². The summed E-state index contributed by atoms with van der Waals surface area (Å²) in [6.07, 6.45) is 0. The fourth-order valence-corrected chi connectivity index (χ4v) is 2.27. The summed E-state index contributed by atoms with van der Waals surface area (Å²) in [6, 6.07) is -0.228. The van der Waals surface area contributed by atoms with E-state index < -0.39 is 5.97 Å². The van der Waals surface area contributed by atoms with Crippen molar-refractivity contribution >= 4 is 17.3 Å². The third kappa shape index (κ3) is 2.54. The van der Waals surface area contributed by atoms with Gasteiger partial charge in [0.15, 0.2) is 0 Å². The zero-order valence-electron chi connectivity index (χ0n) is 9.37. The molecule has 0 aliphatic heterocycles. The van der Waals surface area contributed by atoms with Crippen LogP contribution >= 0.6 is 11.3 Å². The zero-order chi connectivity index (χ0) is 11.8. The van der Waals surface area contributed by atoms with E-state index in [0.29, 0.717) is 10.7 Å². The Balaban J connectivity index is 3.08. The van der Waals surface area contributed by atoms with Gasteiger partial charge in [-0.2, -0.15) is 0 Å². The molecule has 0 aliphatic carbocycles. The number of hydrogen-bond acceptors (Lipinski definition) is 4. The molecule has 0 fully saturated rings. The van der Waals surface area contributed by atoms with Crippen molar-refractivity contribution in [2.45, 2.75) is 33.7 Å². The molecule has 1 atom stereocenters. The Bertz CT molecular complexity index is 379. The lowest BCUT2D eigenvalue weighted by Crippen LogP contribution is -2.26. The largest absolute Gasteiger partial charge is 0.477 e. The first-order valence-corrected chi connectivity index (χ1v) is 5.51. The molecule has 0 spiro atoms. The van der Waals surface area contributed by atoms with Crippen LogP contribution in [0.25, 0.3) is 0 Å². The highest BCUT2D eigenvalue weighted by Crippen LogP contribution is 2.33. The average molecular weight is 228 g/mol. The summed E-state index contributed by atoms with van der Waals surface area (Å²) in [5, 5.41) is 9.59. The second-order valence-corrected chi connectivity index (χ2v) is 5.65. The molecule has 1 aromatic heterocycles. The van der Waals surface area contributed by atoms with Crippen molar-refractivity contribution in [3.8, 4) is 0 Å². The van der Waals surface area contributed by atoms with Gasteiger partial charge in [-0.1, -0.05) is 20.8 Å². The second kappa shape index (κ2) is 3.90. The van der Waals surface area contributed by atoms with E-state index in [1.807, 2.05) is 20.8 Å². The lowest BCUT2D eigenvalue weighted by atomic mass is 9.88. The molecule has 0 radical (unpaired) electrons. The van der Waals surface area contributed by atoms with Gasteiger partial charge in [0.05, 0.1) is 11.7 Å². The van der Waals surface area contributed by atoms with Crippen molar-refractivity contribution in [1.29, 1.82) is 0 Å². The van der Waals surface area contributed by atoms with E-state index >= 15 is 0 Å². The molecule has 15 heavy (non-hydrogen) atoms. The Morgan fingerprint density at radius 2 is 2.07 bits per heavy atom. The first-order valence-electron chi connectivity index (χ1n) is 4.69. The summed E-state index contributed by atoms with van der Waals surface area (Å²) in [6.45, 7) is 7.72. The Hall–Kier alpha value is -0.940. The summed E-state index contributed by atoms with van der Waals surface area (Å²) in [5.74, 6) is -0.933. The Labute approximate surface area is 93.1 Å². The van der Waals surface area contributed by atoms with Gasteiger partial charge in [-0.05, 0) is 12.3 Å². The van der Waals surface area contributed by atoms with Gasteiger partial charge < -0.3 is 10.8 Å². The SMILES string of the molecule is Cc1nc(C(N)C(C)(C)C)sc1C(=O)O. The minimum Gasteiger partial charge on any atom is -0.477 e. The normalized spacial score (nSPS) is 13.9. The molecular weight excluding hydrogens is 212 g/mol. The number of hydrogen-bond donors (Lipinski definition) is 2. The average Bonchev–Trinajstić information content (AvgIpc) is 2.44. The van der Waals surface area contributed by atoms with Crippen molar-refractivity contribution in [2.75, 3.05) is 0 Å². The molecule has 1 heterocycles. The van der Waals surface area contributed by atoms with Crippen LogP contribution in [-0.4, -0.2) is 16.1 Å². The molecule has 4 nitrogen and oxygen atoms in total. The molecule has 0 aromatic carbocycles. The molecule has 1 unspecified atom stereocenters. The number of nitrogens with two attached hydrogens (primary N) is 1. The summed E-state index contributed by atoms with van der Waals surface area (Å²) in [5.41, 5.74) is 6.44. The molecule has 3 N–H and O–H groups in total. The highest BCUT2D eigenvalue weighted by molar-refractivity contribution is 7.13. The minimum atomic E-state index is -0.933. The van der Waals surface area contributed by atoms with Crippen LogP contribution in [0, 0.1) is 12.3 Å². The number of carboxylic acid groups (broad SMARTS) is 1. The quantitative estimate of drug-likeness (QED) is 0.813. The van der Waals surface area contributed by atoms with Gasteiger partial charge in [-0.15, -0.1) is 11.3 Å². The van der Waals surface area contributed by atoms with Gasteiger partial charge in [0.25, 0.3) is 0 Å². The maximum Gasteiger partial charge on any atom is 0.347 e. The van der Waals surface area contributed by atoms with Crippen LogP contribution in [0.15, 0.2) is 0 Å². The van der Waals surface area contributed by atoms with Gasteiger partial charge in [0.2, 0.25) is 0 Å². The summed E-state index contributed by atoms with van der Waals surface area (Å²) >= 11 is 1.17. The topological polar surface area (TPSA) is 76.2 Å². The first-order chi connectivity index (χ1) is 6.73. The number of aromatic carboxylic acids is 1. The van der Waals surface area contributed by atoms with Crippen molar-refractivity contribution < 1.29 is 9.90 Å². The maximum absolute atomic E-state index is 10.8. The van der Waals surface area contributed by atoms with E-state index in [2.05, 4.69) is 4.98 Å². The fourth-order valence-electron chi connectivity index (χ4n) is 1.12. The fraction of sp³-hybridized carbons (Fsp3) is 0.600. The number of carbonyl (C=O) groups is 1. The van der Waals surface area contributed by atoms with Gasteiger partial charge in [-0.3, -0.25) is 0 Å². The van der Waals surface area contributed by atoms with Crippen molar-refractivity contribution in [3.05, 3.63) is 15.6 Å². The zero-order valence-corrected chi connectivity index (χ0v) is 10.2. The number of aromatic nitrogens is 1. The second-order valence-electron chi connectivity index (χ2n) is 4.62. The monoisotopic (exact) mass is 228 g/mol. The number of thiazole rings is 1. The standard InChI is InChI=1S/C10H16N2O2S/c1-5-6(9(13)14)15-8(12-5)7(11)10(2,3)4/h7H,11H2,1-4H3,(H,13,14). The number of rotatable bonds is 2. The van der Waals surface area contributed by atoms with E-state index in [1.54, 1.807) is 6.92 Å². The summed E-state index contributed by atoms with van der Waals surface area (Å²) in [7, 11) is 0. The van der Waals surface area contributed by atoms with Crippen molar-refractivity contribution in [3.63, 3.8) is 0 Å². The van der Waals surface area contributed by atoms with Gasteiger partial charge >= 0.3 is 5.97 Å². The van der Waals surface area contributed by atoms with Gasteiger partial charge in [0.1, 0.15) is 9.88 Å². The maximum atomic E-state index is 10.8. The van der Waals surface area contributed by atoms with Crippen molar-refractivity contribution in [1.82, 2.24) is 4.98 Å². The number of carboxylic acids is 1. The lowest BCUT2D eigenvalue weighted by Gasteiger charge is -2.24. The molecular formula is C10H16N2O2S. The number of aryl methyl sites for hydroxylation is 1. The summed E-state index contributed by atoms with van der Waals surface area (Å²) in [4.78, 5) is 15.3. The van der Waals surface area contributed by atoms with E-state index in [9.17, 15) is 4.79 Å². The van der Waals surface area contributed by atoms with E-state index in [0.717, 1.165) is 0 Å². The third-order valence-corrected chi connectivity index (χ3v) is 3.43. The molecule has 1 aromatic rings. The predicted octanol–water partition coefficient (Wildman–Crippen LogP) is 2.20.